The van der Waals surface area contributed by atoms with Crippen LogP contribution in [-0.4, -0.2) is 24.9 Å². The maximum absolute atomic E-state index is 2.09. The number of nitrogens with zero attached hydrogens (tertiary/aromatic N) is 2. The lowest BCUT2D eigenvalue weighted by atomic mass is 10.3. The van der Waals surface area contributed by atoms with Gasteiger partial charge in [-0.1, -0.05) is 66.8 Å². The lowest BCUT2D eigenvalue weighted by Crippen LogP contribution is -2.06. The van der Waals surface area contributed by atoms with E-state index in [-0.39, 0.29) is 0 Å². The van der Waals surface area contributed by atoms with Gasteiger partial charge in [0, 0.05) is 37.1 Å². The molecule has 2 nitrogen and oxygen atoms in total. The Morgan fingerprint density at radius 3 is 1.84 bits per heavy atom. The Labute approximate surface area is 151 Å². The molecule has 2 rings (SSSR count). The molecule has 0 bridgehead atoms. The molecule has 25 heavy (non-hydrogen) atoms. The number of hydrogen-bond donors (Lipinski definition) is 0. The fourth-order valence-electron chi connectivity index (χ4n) is 2.18. The molecule has 0 spiro atoms. The maximum Gasteiger partial charge on any atom is 0.204 e. The monoisotopic (exact) mass is 329 g/mol. The van der Waals surface area contributed by atoms with Crippen molar-refractivity contribution in [2.45, 2.75) is 0 Å². The van der Waals surface area contributed by atoms with Crippen LogP contribution >= 0.6 is 0 Å². The van der Waals surface area contributed by atoms with Crippen molar-refractivity contribution in [3.05, 3.63) is 109 Å². The van der Waals surface area contributed by atoms with Crippen molar-refractivity contribution < 1.29 is 4.58 Å². The summed E-state index contributed by atoms with van der Waals surface area (Å²) in [5.41, 5.74) is 2.34. The van der Waals surface area contributed by atoms with E-state index in [0.29, 0.717) is 0 Å². The van der Waals surface area contributed by atoms with Crippen LogP contribution in [-0.2, 0) is 0 Å². The molecule has 2 aromatic rings. The second-order valence-electron chi connectivity index (χ2n) is 5.54. The van der Waals surface area contributed by atoms with Gasteiger partial charge in [-0.15, -0.1) is 0 Å². The van der Waals surface area contributed by atoms with Crippen LogP contribution in [0.5, 0.6) is 0 Å². The average Bonchev–Trinajstić information content (AvgIpc) is 2.67. The Balaban J connectivity index is 1.77. The van der Waals surface area contributed by atoms with Crippen molar-refractivity contribution in [2.24, 2.45) is 0 Å². The molecule has 0 aliphatic rings. The zero-order valence-corrected chi connectivity index (χ0v) is 14.9. The third-order valence-corrected chi connectivity index (χ3v) is 3.61. The molecular formula is C23H25N2+. The van der Waals surface area contributed by atoms with Gasteiger partial charge in [0.2, 0.25) is 5.69 Å². The first kappa shape index (κ1) is 18.2. The number of anilines is 1. The zero-order chi connectivity index (χ0) is 17.7. The molecule has 0 aliphatic carbocycles. The molecule has 0 unspecified atom stereocenters. The number of hydrogen-bond acceptors (Lipinski definition) is 1. The van der Waals surface area contributed by atoms with Gasteiger partial charge in [0.05, 0.1) is 0 Å². The number of rotatable bonds is 7. The summed E-state index contributed by atoms with van der Waals surface area (Å²) in [5, 5.41) is 0. The van der Waals surface area contributed by atoms with Gasteiger partial charge >= 0.3 is 0 Å². The smallest absolute Gasteiger partial charge is 0.204 e. The fourth-order valence-corrected chi connectivity index (χ4v) is 2.18. The Morgan fingerprint density at radius 2 is 1.20 bits per heavy atom. The molecule has 0 amide bonds. The largest absolute Gasteiger partial charge is 0.351 e. The van der Waals surface area contributed by atoms with Crippen molar-refractivity contribution >= 4 is 17.6 Å². The van der Waals surface area contributed by atoms with E-state index in [2.05, 4.69) is 33.7 Å². The lowest BCUT2D eigenvalue weighted by Gasteiger charge is -2.12. The SMILES string of the molecule is CN(C=CC=CC=CC=CC=[N+](C)c1ccccc1)c1ccccc1. The molecule has 0 aromatic heterocycles. The van der Waals surface area contributed by atoms with E-state index < -0.39 is 0 Å². The minimum absolute atomic E-state index is 1.17. The van der Waals surface area contributed by atoms with E-state index in [1.165, 1.54) is 11.4 Å². The zero-order valence-electron chi connectivity index (χ0n) is 14.9. The second-order valence-corrected chi connectivity index (χ2v) is 5.54. The van der Waals surface area contributed by atoms with E-state index in [1.807, 2.05) is 105 Å². The van der Waals surface area contributed by atoms with Gasteiger partial charge in [0.15, 0.2) is 6.21 Å². The van der Waals surface area contributed by atoms with Crippen LogP contribution in [0.2, 0.25) is 0 Å². The van der Waals surface area contributed by atoms with Gasteiger partial charge in [0.25, 0.3) is 0 Å². The van der Waals surface area contributed by atoms with Gasteiger partial charge in [0.1, 0.15) is 7.05 Å². The van der Waals surface area contributed by atoms with E-state index in [9.17, 15) is 0 Å². The van der Waals surface area contributed by atoms with Crippen molar-refractivity contribution in [3.8, 4) is 0 Å². The topological polar surface area (TPSA) is 6.25 Å². The summed E-state index contributed by atoms with van der Waals surface area (Å²) in [4.78, 5) is 2.09. The molecular weight excluding hydrogens is 304 g/mol. The van der Waals surface area contributed by atoms with E-state index >= 15 is 0 Å². The van der Waals surface area contributed by atoms with Crippen LogP contribution in [0.4, 0.5) is 11.4 Å². The molecule has 0 saturated carbocycles. The molecule has 0 aliphatic heterocycles. The molecule has 0 radical (unpaired) electrons. The molecule has 0 N–H and O–H groups in total. The summed E-state index contributed by atoms with van der Waals surface area (Å²) in [6, 6.07) is 20.5. The first-order chi connectivity index (χ1) is 12.3. The predicted octanol–water partition coefficient (Wildman–Crippen LogP) is 5.35. The summed E-state index contributed by atoms with van der Waals surface area (Å²) in [6.45, 7) is 0. The number of para-hydroxylation sites is 2. The van der Waals surface area contributed by atoms with Gasteiger partial charge in [-0.2, -0.15) is 0 Å². The van der Waals surface area contributed by atoms with Crippen molar-refractivity contribution in [1.82, 2.24) is 0 Å². The van der Waals surface area contributed by atoms with Crippen molar-refractivity contribution in [2.75, 3.05) is 19.0 Å². The standard InChI is InChI=1S/C23H25N2/c1-24(22-16-10-8-11-17-22)20-14-6-4-3-5-7-15-21-25(2)23-18-12-9-13-19-23/h3-21H,1-2H3/q+1. The highest BCUT2D eigenvalue weighted by Crippen LogP contribution is 2.10. The summed E-state index contributed by atoms with van der Waals surface area (Å²) in [7, 11) is 4.08. The highest BCUT2D eigenvalue weighted by atomic mass is 15.1. The minimum atomic E-state index is 1.17. The lowest BCUT2D eigenvalue weighted by molar-refractivity contribution is -0.398. The molecule has 0 heterocycles. The van der Waals surface area contributed by atoms with E-state index in [4.69, 9.17) is 0 Å². The fraction of sp³-hybridized carbons (Fsp3) is 0.0870. The Kier molecular flexibility index (Phi) is 7.73. The van der Waals surface area contributed by atoms with Crippen LogP contribution in [0.15, 0.2) is 109 Å². The molecule has 0 fully saturated rings. The van der Waals surface area contributed by atoms with Crippen LogP contribution in [0, 0.1) is 0 Å². The van der Waals surface area contributed by atoms with Crippen molar-refractivity contribution in [1.29, 1.82) is 0 Å². The van der Waals surface area contributed by atoms with Gasteiger partial charge < -0.3 is 4.90 Å². The predicted molar refractivity (Wildman–Crippen MR) is 110 cm³/mol. The third-order valence-electron chi connectivity index (χ3n) is 3.61. The Hall–Kier alpha value is -3.13. The summed E-state index contributed by atoms with van der Waals surface area (Å²) < 4.78 is 2.09. The second kappa shape index (κ2) is 10.6. The summed E-state index contributed by atoms with van der Waals surface area (Å²) in [5.74, 6) is 0. The van der Waals surface area contributed by atoms with Crippen LogP contribution in [0.25, 0.3) is 0 Å². The first-order valence-corrected chi connectivity index (χ1v) is 8.35. The first-order valence-electron chi connectivity index (χ1n) is 8.35. The third kappa shape index (κ3) is 6.88. The Bertz CT molecular complexity index is 766. The summed E-state index contributed by atoms with van der Waals surface area (Å²) in [6.07, 6.45) is 18.2. The van der Waals surface area contributed by atoms with Crippen LogP contribution in [0.3, 0.4) is 0 Å². The maximum atomic E-state index is 2.09. The van der Waals surface area contributed by atoms with Gasteiger partial charge in [-0.05, 0) is 18.2 Å². The number of allylic oxidation sites excluding steroid dienone is 7. The highest BCUT2D eigenvalue weighted by molar-refractivity contribution is 5.68. The molecule has 126 valence electrons. The van der Waals surface area contributed by atoms with Gasteiger partial charge in [-0.25, -0.2) is 4.58 Å². The number of benzene rings is 2. The Morgan fingerprint density at radius 1 is 0.680 bits per heavy atom. The molecule has 0 saturated heterocycles. The highest BCUT2D eigenvalue weighted by Gasteiger charge is 1.97. The van der Waals surface area contributed by atoms with E-state index in [1.54, 1.807) is 0 Å². The minimum Gasteiger partial charge on any atom is -0.351 e. The van der Waals surface area contributed by atoms with Crippen LogP contribution in [0.1, 0.15) is 0 Å². The molecule has 0 atom stereocenters. The molecule has 2 heteroatoms. The summed E-state index contributed by atoms with van der Waals surface area (Å²) >= 11 is 0. The normalized spacial score (nSPS) is 12.8. The van der Waals surface area contributed by atoms with Crippen molar-refractivity contribution in [3.63, 3.8) is 0 Å². The quantitative estimate of drug-likeness (QED) is 0.377. The van der Waals surface area contributed by atoms with Gasteiger partial charge in [-0.3, -0.25) is 0 Å². The van der Waals surface area contributed by atoms with Crippen LogP contribution < -0.4 is 4.90 Å². The van der Waals surface area contributed by atoms with E-state index in [0.717, 1.165) is 0 Å². The molecule has 2 aromatic carbocycles. The average molecular weight is 329 g/mol.